The van der Waals surface area contributed by atoms with Crippen LogP contribution in [0.15, 0.2) is 12.2 Å². The molecule has 0 aromatic rings. The molecule has 1 fully saturated rings. The lowest BCUT2D eigenvalue weighted by molar-refractivity contribution is -0.165. The summed E-state index contributed by atoms with van der Waals surface area (Å²) in [6.07, 6.45) is 6.70. The van der Waals surface area contributed by atoms with Crippen molar-refractivity contribution in [2.24, 2.45) is 5.92 Å². The number of esters is 1. The highest BCUT2D eigenvalue weighted by Gasteiger charge is 2.40. The first-order valence-electron chi connectivity index (χ1n) is 6.40. The normalized spacial score (nSPS) is 21.2. The second-order valence-corrected chi connectivity index (χ2v) is 5.10. The second-order valence-electron chi connectivity index (χ2n) is 5.10. The minimum Gasteiger partial charge on any atom is -0.455 e. The van der Waals surface area contributed by atoms with Crippen molar-refractivity contribution in [3.8, 4) is 0 Å². The molecule has 0 spiro atoms. The Morgan fingerprint density at radius 1 is 1.38 bits per heavy atom. The van der Waals surface area contributed by atoms with Gasteiger partial charge in [-0.15, -0.1) is 0 Å². The Balaban J connectivity index is 2.77. The third-order valence-electron chi connectivity index (χ3n) is 3.85. The molecule has 1 saturated carbocycles. The van der Waals surface area contributed by atoms with E-state index in [0.29, 0.717) is 11.5 Å². The smallest absolute Gasteiger partial charge is 0.333 e. The molecule has 0 aliphatic heterocycles. The summed E-state index contributed by atoms with van der Waals surface area (Å²) in [5, 5.41) is 0. The molecule has 0 aromatic carbocycles. The van der Waals surface area contributed by atoms with E-state index < -0.39 is 0 Å². The SMILES string of the molecule is C=C(C)C(=O)OC1(C(C)CC)CCCCC1. The fourth-order valence-corrected chi connectivity index (χ4v) is 2.49. The highest BCUT2D eigenvalue weighted by atomic mass is 16.6. The Bertz CT molecular complexity index is 262. The first-order valence-corrected chi connectivity index (χ1v) is 6.40. The van der Waals surface area contributed by atoms with Crippen molar-refractivity contribution in [1.29, 1.82) is 0 Å². The zero-order valence-electron chi connectivity index (χ0n) is 10.8. The molecule has 1 rings (SSSR count). The number of carbonyl (C=O) groups excluding carboxylic acids is 1. The fraction of sp³-hybridized carbons (Fsp3) is 0.786. The van der Waals surface area contributed by atoms with Crippen LogP contribution in [0, 0.1) is 5.92 Å². The van der Waals surface area contributed by atoms with Crippen LogP contribution in [0.2, 0.25) is 0 Å². The van der Waals surface area contributed by atoms with Crippen molar-refractivity contribution in [2.75, 3.05) is 0 Å². The second kappa shape index (κ2) is 5.51. The van der Waals surface area contributed by atoms with E-state index >= 15 is 0 Å². The molecule has 1 unspecified atom stereocenters. The van der Waals surface area contributed by atoms with Gasteiger partial charge in [0.1, 0.15) is 5.60 Å². The standard InChI is InChI=1S/C14H24O2/c1-5-12(4)14(9-7-6-8-10-14)16-13(15)11(2)3/h12H,2,5-10H2,1,3-4H3. The van der Waals surface area contributed by atoms with Crippen molar-refractivity contribution in [3.05, 3.63) is 12.2 Å². The average Bonchev–Trinajstić information content (AvgIpc) is 2.29. The van der Waals surface area contributed by atoms with Gasteiger partial charge in [-0.1, -0.05) is 26.8 Å². The van der Waals surface area contributed by atoms with Gasteiger partial charge in [-0.2, -0.15) is 0 Å². The Hall–Kier alpha value is -0.790. The van der Waals surface area contributed by atoms with E-state index in [2.05, 4.69) is 20.4 Å². The van der Waals surface area contributed by atoms with Gasteiger partial charge >= 0.3 is 5.97 Å². The number of ether oxygens (including phenoxy) is 1. The van der Waals surface area contributed by atoms with Crippen LogP contribution >= 0.6 is 0 Å². The Morgan fingerprint density at radius 3 is 2.38 bits per heavy atom. The Labute approximate surface area is 99.1 Å². The Kier molecular flexibility index (Phi) is 4.57. The van der Waals surface area contributed by atoms with Crippen LogP contribution in [0.3, 0.4) is 0 Å². The molecule has 0 radical (unpaired) electrons. The summed E-state index contributed by atoms with van der Waals surface area (Å²) in [5.74, 6) is 0.221. The van der Waals surface area contributed by atoms with E-state index in [1.54, 1.807) is 6.92 Å². The lowest BCUT2D eigenvalue weighted by atomic mass is 9.75. The Morgan fingerprint density at radius 2 is 1.94 bits per heavy atom. The highest BCUT2D eigenvalue weighted by molar-refractivity contribution is 5.87. The lowest BCUT2D eigenvalue weighted by Gasteiger charge is -2.41. The summed E-state index contributed by atoms with van der Waals surface area (Å²) in [4.78, 5) is 11.7. The average molecular weight is 224 g/mol. The number of hydrogen-bond donors (Lipinski definition) is 0. The quantitative estimate of drug-likeness (QED) is 0.535. The van der Waals surface area contributed by atoms with E-state index in [1.165, 1.54) is 19.3 Å². The van der Waals surface area contributed by atoms with Gasteiger partial charge in [0.15, 0.2) is 0 Å². The summed E-state index contributed by atoms with van der Waals surface area (Å²) in [5.41, 5.74) is 0.288. The number of hydrogen-bond acceptors (Lipinski definition) is 2. The maximum atomic E-state index is 11.7. The van der Waals surface area contributed by atoms with E-state index in [1.807, 2.05) is 0 Å². The predicted molar refractivity (Wildman–Crippen MR) is 66.2 cm³/mol. The van der Waals surface area contributed by atoms with Gasteiger partial charge in [-0.05, 0) is 44.9 Å². The van der Waals surface area contributed by atoms with Crippen molar-refractivity contribution >= 4 is 5.97 Å². The molecule has 1 aliphatic rings. The predicted octanol–water partition coefficient (Wildman–Crippen LogP) is 3.85. The van der Waals surface area contributed by atoms with E-state index in [4.69, 9.17) is 4.74 Å². The molecule has 0 bridgehead atoms. The molecular weight excluding hydrogens is 200 g/mol. The topological polar surface area (TPSA) is 26.3 Å². The van der Waals surface area contributed by atoms with Crippen LogP contribution in [0.5, 0.6) is 0 Å². The van der Waals surface area contributed by atoms with Crippen LogP contribution < -0.4 is 0 Å². The summed E-state index contributed by atoms with van der Waals surface area (Å²) >= 11 is 0. The van der Waals surface area contributed by atoms with Crippen LogP contribution in [0.1, 0.15) is 59.3 Å². The van der Waals surface area contributed by atoms with Gasteiger partial charge in [0.05, 0.1) is 0 Å². The first-order chi connectivity index (χ1) is 7.52. The highest BCUT2D eigenvalue weighted by Crippen LogP contribution is 2.39. The largest absolute Gasteiger partial charge is 0.455 e. The third kappa shape index (κ3) is 2.87. The molecule has 2 heteroatoms. The molecule has 0 N–H and O–H groups in total. The fourth-order valence-electron chi connectivity index (χ4n) is 2.49. The van der Waals surface area contributed by atoms with Crippen molar-refractivity contribution in [2.45, 2.75) is 64.9 Å². The minimum atomic E-state index is -0.220. The minimum absolute atomic E-state index is 0.219. The van der Waals surface area contributed by atoms with E-state index in [0.717, 1.165) is 19.3 Å². The van der Waals surface area contributed by atoms with Crippen LogP contribution in [-0.2, 0) is 9.53 Å². The summed E-state index contributed by atoms with van der Waals surface area (Å²) in [7, 11) is 0. The van der Waals surface area contributed by atoms with Crippen molar-refractivity contribution in [3.63, 3.8) is 0 Å². The molecule has 0 aromatic heterocycles. The zero-order valence-corrected chi connectivity index (χ0v) is 10.8. The third-order valence-corrected chi connectivity index (χ3v) is 3.85. The number of carbonyl (C=O) groups is 1. The molecule has 0 saturated heterocycles. The summed E-state index contributed by atoms with van der Waals surface area (Å²) in [6, 6.07) is 0. The zero-order chi connectivity index (χ0) is 12.2. The molecule has 1 aliphatic carbocycles. The van der Waals surface area contributed by atoms with Crippen LogP contribution in [0.25, 0.3) is 0 Å². The number of rotatable bonds is 4. The molecule has 0 amide bonds. The molecule has 92 valence electrons. The van der Waals surface area contributed by atoms with Gasteiger partial charge in [-0.25, -0.2) is 4.79 Å². The summed E-state index contributed by atoms with van der Waals surface area (Å²) in [6.45, 7) is 9.73. The van der Waals surface area contributed by atoms with Gasteiger partial charge in [-0.3, -0.25) is 0 Å². The van der Waals surface area contributed by atoms with Gasteiger partial charge in [0.2, 0.25) is 0 Å². The van der Waals surface area contributed by atoms with Crippen LogP contribution in [-0.4, -0.2) is 11.6 Å². The van der Waals surface area contributed by atoms with Gasteiger partial charge < -0.3 is 4.74 Å². The van der Waals surface area contributed by atoms with E-state index in [9.17, 15) is 4.79 Å². The molecule has 16 heavy (non-hydrogen) atoms. The molecule has 2 nitrogen and oxygen atoms in total. The molecule has 1 atom stereocenters. The van der Waals surface area contributed by atoms with Gasteiger partial charge in [0, 0.05) is 5.57 Å². The summed E-state index contributed by atoms with van der Waals surface area (Å²) < 4.78 is 5.75. The maximum absolute atomic E-state index is 11.7. The maximum Gasteiger partial charge on any atom is 0.333 e. The lowest BCUT2D eigenvalue weighted by Crippen LogP contribution is -2.43. The van der Waals surface area contributed by atoms with Gasteiger partial charge in [0.25, 0.3) is 0 Å². The molecular formula is C14H24O2. The van der Waals surface area contributed by atoms with E-state index in [-0.39, 0.29) is 11.6 Å². The monoisotopic (exact) mass is 224 g/mol. The van der Waals surface area contributed by atoms with Crippen molar-refractivity contribution < 1.29 is 9.53 Å². The first kappa shape index (κ1) is 13.3. The van der Waals surface area contributed by atoms with Crippen molar-refractivity contribution in [1.82, 2.24) is 0 Å². The molecule has 0 heterocycles. The van der Waals surface area contributed by atoms with Crippen LogP contribution in [0.4, 0.5) is 0 Å².